The molecule has 0 fully saturated rings. The summed E-state index contributed by atoms with van der Waals surface area (Å²) in [5.41, 5.74) is 1.55. The van der Waals surface area contributed by atoms with Gasteiger partial charge in [-0.05, 0) is 37.6 Å². The summed E-state index contributed by atoms with van der Waals surface area (Å²) in [4.78, 5) is 39.5. The number of aromatic nitrogens is 2. The lowest BCUT2D eigenvalue weighted by molar-refractivity contribution is -0.384. The SMILES string of the molecule is Cc1nc2c(C)cccn2c(=O)c1NC(=O)c1ccc([N+](=O)[O-])cc1. The van der Waals surface area contributed by atoms with E-state index in [0.717, 1.165) is 5.56 Å². The van der Waals surface area contributed by atoms with Crippen LogP contribution >= 0.6 is 0 Å². The first kappa shape index (κ1) is 16.3. The Kier molecular flexibility index (Phi) is 4.02. The van der Waals surface area contributed by atoms with Crippen LogP contribution in [0.3, 0.4) is 0 Å². The molecular formula is C17H14N4O4. The number of rotatable bonds is 3. The monoisotopic (exact) mass is 338 g/mol. The van der Waals surface area contributed by atoms with Crippen molar-refractivity contribution in [3.63, 3.8) is 0 Å². The summed E-state index contributed by atoms with van der Waals surface area (Å²) in [5.74, 6) is -0.537. The van der Waals surface area contributed by atoms with Crippen LogP contribution in [0.2, 0.25) is 0 Å². The van der Waals surface area contributed by atoms with Gasteiger partial charge in [0.15, 0.2) is 0 Å². The summed E-state index contributed by atoms with van der Waals surface area (Å²) in [6, 6.07) is 8.70. The number of pyridine rings is 1. The predicted molar refractivity (Wildman–Crippen MR) is 92.0 cm³/mol. The molecule has 126 valence electrons. The minimum atomic E-state index is -0.548. The molecule has 1 N–H and O–H groups in total. The molecule has 0 atom stereocenters. The summed E-state index contributed by atoms with van der Waals surface area (Å²) in [6.45, 7) is 3.48. The van der Waals surface area contributed by atoms with Crippen molar-refractivity contribution in [2.24, 2.45) is 0 Å². The third-order valence-electron chi connectivity index (χ3n) is 3.81. The topological polar surface area (TPSA) is 107 Å². The molecule has 0 unspecified atom stereocenters. The fraction of sp³-hybridized carbons (Fsp3) is 0.118. The number of aryl methyl sites for hydroxylation is 2. The number of carbonyl (C=O) groups is 1. The van der Waals surface area contributed by atoms with Crippen LogP contribution in [-0.2, 0) is 0 Å². The Balaban J connectivity index is 1.99. The number of nitrogens with zero attached hydrogens (tertiary/aromatic N) is 3. The molecule has 0 radical (unpaired) electrons. The van der Waals surface area contributed by atoms with Gasteiger partial charge in [0.05, 0.1) is 10.6 Å². The Morgan fingerprint density at radius 2 is 1.88 bits per heavy atom. The molecule has 0 spiro atoms. The van der Waals surface area contributed by atoms with E-state index in [0.29, 0.717) is 11.3 Å². The van der Waals surface area contributed by atoms with Crippen molar-refractivity contribution in [3.05, 3.63) is 79.9 Å². The van der Waals surface area contributed by atoms with Crippen LogP contribution in [0.4, 0.5) is 11.4 Å². The zero-order valence-corrected chi connectivity index (χ0v) is 13.5. The van der Waals surface area contributed by atoms with Crippen molar-refractivity contribution >= 4 is 22.9 Å². The number of nitrogens with one attached hydrogen (secondary N) is 1. The molecule has 0 saturated heterocycles. The molecule has 0 saturated carbocycles. The first-order valence-electron chi connectivity index (χ1n) is 7.43. The lowest BCUT2D eigenvalue weighted by Crippen LogP contribution is -2.25. The summed E-state index contributed by atoms with van der Waals surface area (Å²) < 4.78 is 1.37. The second-order valence-corrected chi connectivity index (χ2v) is 5.52. The van der Waals surface area contributed by atoms with E-state index in [2.05, 4.69) is 10.3 Å². The van der Waals surface area contributed by atoms with Gasteiger partial charge in [0.1, 0.15) is 11.3 Å². The minimum absolute atomic E-state index is 0.0754. The number of fused-ring (bicyclic) bond motifs is 1. The third kappa shape index (κ3) is 2.97. The summed E-state index contributed by atoms with van der Waals surface area (Å²) in [6.07, 6.45) is 1.58. The van der Waals surface area contributed by atoms with Gasteiger partial charge in [0.2, 0.25) is 0 Å². The van der Waals surface area contributed by atoms with Gasteiger partial charge < -0.3 is 5.32 Å². The van der Waals surface area contributed by atoms with Gasteiger partial charge >= 0.3 is 0 Å². The maximum Gasteiger partial charge on any atom is 0.281 e. The van der Waals surface area contributed by atoms with E-state index in [-0.39, 0.29) is 22.5 Å². The Morgan fingerprint density at radius 3 is 2.52 bits per heavy atom. The molecule has 2 aromatic heterocycles. The van der Waals surface area contributed by atoms with Crippen molar-refractivity contribution in [1.29, 1.82) is 0 Å². The highest BCUT2D eigenvalue weighted by molar-refractivity contribution is 6.04. The van der Waals surface area contributed by atoms with Gasteiger partial charge in [0.25, 0.3) is 17.2 Å². The lowest BCUT2D eigenvalue weighted by atomic mass is 10.2. The van der Waals surface area contributed by atoms with Gasteiger partial charge in [-0.15, -0.1) is 0 Å². The van der Waals surface area contributed by atoms with Crippen molar-refractivity contribution < 1.29 is 9.72 Å². The minimum Gasteiger partial charge on any atom is -0.316 e. The van der Waals surface area contributed by atoms with Gasteiger partial charge in [-0.1, -0.05) is 6.07 Å². The zero-order chi connectivity index (χ0) is 18.1. The number of hydrogen-bond donors (Lipinski definition) is 1. The molecule has 8 heteroatoms. The second-order valence-electron chi connectivity index (χ2n) is 5.52. The summed E-state index contributed by atoms with van der Waals surface area (Å²) >= 11 is 0. The van der Waals surface area contributed by atoms with Crippen molar-refractivity contribution in [1.82, 2.24) is 9.38 Å². The maximum atomic E-state index is 12.6. The van der Waals surface area contributed by atoms with Crippen LogP contribution in [0.5, 0.6) is 0 Å². The van der Waals surface area contributed by atoms with E-state index in [9.17, 15) is 19.7 Å². The van der Waals surface area contributed by atoms with Crippen LogP contribution in [-0.4, -0.2) is 20.2 Å². The molecule has 0 aliphatic carbocycles. The van der Waals surface area contributed by atoms with Crippen LogP contribution in [0.1, 0.15) is 21.6 Å². The molecule has 3 rings (SSSR count). The normalized spacial score (nSPS) is 10.6. The standard InChI is InChI=1S/C17H14N4O4/c1-10-4-3-9-20-15(10)18-11(2)14(17(20)23)19-16(22)12-5-7-13(8-6-12)21(24)25/h3-9H,1-2H3,(H,19,22). The van der Waals surface area contributed by atoms with Gasteiger partial charge in [-0.3, -0.25) is 24.1 Å². The summed E-state index contributed by atoms with van der Waals surface area (Å²) in [5, 5.41) is 13.2. The number of anilines is 1. The Morgan fingerprint density at radius 1 is 1.20 bits per heavy atom. The van der Waals surface area contributed by atoms with Gasteiger partial charge in [-0.2, -0.15) is 0 Å². The van der Waals surface area contributed by atoms with E-state index in [1.54, 1.807) is 19.2 Å². The predicted octanol–water partition coefficient (Wildman–Crippen LogP) is 2.47. The highest BCUT2D eigenvalue weighted by atomic mass is 16.6. The molecule has 2 heterocycles. The highest BCUT2D eigenvalue weighted by Crippen LogP contribution is 2.15. The van der Waals surface area contributed by atoms with Gasteiger partial charge in [0, 0.05) is 23.9 Å². The fourth-order valence-corrected chi connectivity index (χ4v) is 2.47. The van der Waals surface area contributed by atoms with E-state index in [1.165, 1.54) is 28.7 Å². The molecule has 8 nitrogen and oxygen atoms in total. The van der Waals surface area contributed by atoms with Crippen molar-refractivity contribution in [2.75, 3.05) is 5.32 Å². The Bertz CT molecular complexity index is 1050. The van der Waals surface area contributed by atoms with Crippen LogP contribution < -0.4 is 10.9 Å². The highest BCUT2D eigenvalue weighted by Gasteiger charge is 2.15. The zero-order valence-electron chi connectivity index (χ0n) is 13.5. The van der Waals surface area contributed by atoms with Crippen molar-refractivity contribution in [3.8, 4) is 0 Å². The molecule has 1 aromatic carbocycles. The number of amides is 1. The van der Waals surface area contributed by atoms with E-state index in [4.69, 9.17) is 0 Å². The first-order valence-corrected chi connectivity index (χ1v) is 7.43. The van der Waals surface area contributed by atoms with Gasteiger partial charge in [-0.25, -0.2) is 4.98 Å². The average Bonchev–Trinajstić information content (AvgIpc) is 2.59. The third-order valence-corrected chi connectivity index (χ3v) is 3.81. The first-order chi connectivity index (χ1) is 11.9. The quantitative estimate of drug-likeness (QED) is 0.583. The molecule has 3 aromatic rings. The fourth-order valence-electron chi connectivity index (χ4n) is 2.47. The molecule has 0 aliphatic rings. The number of hydrogen-bond acceptors (Lipinski definition) is 5. The number of non-ortho nitro benzene ring substituents is 1. The number of benzene rings is 1. The van der Waals surface area contributed by atoms with Crippen LogP contribution in [0, 0.1) is 24.0 Å². The Labute approximate surface area is 141 Å². The smallest absolute Gasteiger partial charge is 0.281 e. The number of nitro groups is 1. The molecule has 25 heavy (non-hydrogen) atoms. The van der Waals surface area contributed by atoms with E-state index < -0.39 is 10.8 Å². The van der Waals surface area contributed by atoms with Crippen LogP contribution in [0.15, 0.2) is 47.4 Å². The largest absolute Gasteiger partial charge is 0.316 e. The maximum absolute atomic E-state index is 12.6. The number of carbonyl (C=O) groups excluding carboxylic acids is 1. The molecule has 0 bridgehead atoms. The van der Waals surface area contributed by atoms with E-state index in [1.807, 2.05) is 13.0 Å². The molecule has 1 amide bonds. The second kappa shape index (κ2) is 6.16. The average molecular weight is 338 g/mol. The summed E-state index contributed by atoms with van der Waals surface area (Å²) in [7, 11) is 0. The lowest BCUT2D eigenvalue weighted by Gasteiger charge is -2.10. The molecule has 0 aliphatic heterocycles. The molecular weight excluding hydrogens is 324 g/mol. The van der Waals surface area contributed by atoms with Crippen molar-refractivity contribution in [2.45, 2.75) is 13.8 Å². The number of nitro benzene ring substituents is 1. The van der Waals surface area contributed by atoms with E-state index >= 15 is 0 Å². The Hall–Kier alpha value is -3.55. The van der Waals surface area contributed by atoms with Crippen LogP contribution in [0.25, 0.3) is 5.65 Å².